The zero-order valence-corrected chi connectivity index (χ0v) is 26.8. The largest absolute Gasteiger partial charge is 0.469 e. The van der Waals surface area contributed by atoms with E-state index in [4.69, 9.17) is 9.47 Å². The van der Waals surface area contributed by atoms with E-state index in [-0.39, 0.29) is 23.9 Å². The highest BCUT2D eigenvalue weighted by Gasteiger charge is 2.49. The van der Waals surface area contributed by atoms with E-state index < -0.39 is 0 Å². The van der Waals surface area contributed by atoms with Gasteiger partial charge in [0, 0.05) is 36.8 Å². The lowest BCUT2D eigenvalue weighted by molar-refractivity contribution is -0.735. The number of hydrogen-bond acceptors (Lipinski definition) is 2. The second kappa shape index (κ2) is 12.3. The fraction of sp³-hybridized carbons (Fsp3) is 0.553. The van der Waals surface area contributed by atoms with Gasteiger partial charge in [0.25, 0.3) is 0 Å². The van der Waals surface area contributed by atoms with Crippen molar-refractivity contribution in [3.63, 3.8) is 0 Å². The lowest BCUT2D eigenvalue weighted by Gasteiger charge is -2.37. The van der Waals surface area contributed by atoms with Gasteiger partial charge < -0.3 is 9.47 Å². The first-order chi connectivity index (χ1) is 19.7. The summed E-state index contributed by atoms with van der Waals surface area (Å²) in [4.78, 5) is 0. The smallest absolute Gasteiger partial charge is 0.213 e. The second-order valence-electron chi connectivity index (χ2n) is 13.2. The number of nitrogens with zero attached hydrogens (tertiary/aromatic N) is 1. The summed E-state index contributed by atoms with van der Waals surface area (Å²) >= 11 is 0. The third-order valence-corrected chi connectivity index (χ3v) is 9.69. The molecule has 41 heavy (non-hydrogen) atoms. The second-order valence-corrected chi connectivity index (χ2v) is 13.2. The van der Waals surface area contributed by atoms with Crippen LogP contribution in [0.25, 0.3) is 22.2 Å². The number of unbranched alkanes of at least 4 members (excludes halogenated alkanes) is 2. The van der Waals surface area contributed by atoms with Gasteiger partial charge in [-0.2, -0.15) is 4.57 Å². The minimum Gasteiger partial charge on any atom is -0.469 e. The van der Waals surface area contributed by atoms with Crippen LogP contribution in [0.15, 0.2) is 54.3 Å². The van der Waals surface area contributed by atoms with Gasteiger partial charge in [0.2, 0.25) is 17.5 Å². The molecule has 0 fully saturated rings. The molecule has 3 heterocycles. The number of allylic oxidation sites excluding steroid dienone is 1. The summed E-state index contributed by atoms with van der Waals surface area (Å²) < 4.78 is 15.9. The van der Waals surface area contributed by atoms with E-state index in [2.05, 4.69) is 108 Å². The molecule has 3 heteroatoms. The van der Waals surface area contributed by atoms with Crippen molar-refractivity contribution < 1.29 is 14.0 Å². The zero-order valence-electron chi connectivity index (χ0n) is 26.8. The normalized spacial score (nSPS) is 21.7. The van der Waals surface area contributed by atoms with Gasteiger partial charge in [0.15, 0.2) is 5.54 Å². The summed E-state index contributed by atoms with van der Waals surface area (Å²) in [6, 6.07) is 16.8. The minimum absolute atomic E-state index is 0.0428. The molecule has 3 atom stereocenters. The Kier molecular flexibility index (Phi) is 8.95. The molecule has 0 aliphatic carbocycles. The SMILES string of the molecule is CCCCCc1cc(C)c2c(c1)-c1ccc3c(CC(C)C)cccc3[n+]1C(CC)(CC)CC2C1OC(C)=CC(C)O1. The van der Waals surface area contributed by atoms with Gasteiger partial charge in [0.05, 0.1) is 23.3 Å². The maximum Gasteiger partial charge on any atom is 0.213 e. The first kappa shape index (κ1) is 29.8. The number of hydrogen-bond donors (Lipinski definition) is 0. The van der Waals surface area contributed by atoms with Crippen LogP contribution in [0.2, 0.25) is 0 Å². The van der Waals surface area contributed by atoms with Gasteiger partial charge in [0.1, 0.15) is 0 Å². The zero-order chi connectivity index (χ0) is 29.3. The summed E-state index contributed by atoms with van der Waals surface area (Å²) in [6.07, 6.45) is 10.9. The summed E-state index contributed by atoms with van der Waals surface area (Å²) in [5.41, 5.74) is 9.69. The average molecular weight is 555 g/mol. The topological polar surface area (TPSA) is 22.3 Å². The predicted molar refractivity (Wildman–Crippen MR) is 171 cm³/mol. The Hall–Kier alpha value is -2.65. The quantitative estimate of drug-likeness (QED) is 0.194. The fourth-order valence-electron chi connectivity index (χ4n) is 7.69. The number of aryl methyl sites for hydroxylation is 2. The first-order valence-corrected chi connectivity index (χ1v) is 16.3. The van der Waals surface area contributed by atoms with Crippen LogP contribution in [0.1, 0.15) is 115 Å². The van der Waals surface area contributed by atoms with Crippen LogP contribution >= 0.6 is 0 Å². The lowest BCUT2D eigenvalue weighted by Crippen LogP contribution is -2.58. The first-order valence-electron chi connectivity index (χ1n) is 16.3. The van der Waals surface area contributed by atoms with Crippen molar-refractivity contribution in [1.82, 2.24) is 0 Å². The molecule has 2 aliphatic heterocycles. The summed E-state index contributed by atoms with van der Waals surface area (Å²) in [5, 5.41) is 1.39. The molecule has 0 amide bonds. The van der Waals surface area contributed by atoms with Crippen molar-refractivity contribution in [2.45, 2.75) is 131 Å². The Bertz CT molecular complexity index is 1410. The minimum atomic E-state index is -0.298. The lowest BCUT2D eigenvalue weighted by atomic mass is 9.78. The Balaban J connectivity index is 1.81. The molecular formula is C38H52NO2+. The van der Waals surface area contributed by atoms with Crippen molar-refractivity contribution in [3.05, 3.63) is 76.6 Å². The molecule has 0 saturated carbocycles. The van der Waals surface area contributed by atoms with E-state index in [0.29, 0.717) is 5.92 Å². The van der Waals surface area contributed by atoms with Crippen molar-refractivity contribution in [2.75, 3.05) is 0 Å². The Morgan fingerprint density at radius 3 is 2.46 bits per heavy atom. The number of benzene rings is 2. The van der Waals surface area contributed by atoms with Crippen LogP contribution in [-0.2, 0) is 27.9 Å². The Morgan fingerprint density at radius 2 is 1.78 bits per heavy atom. The van der Waals surface area contributed by atoms with Gasteiger partial charge in [-0.1, -0.05) is 65.7 Å². The van der Waals surface area contributed by atoms with E-state index in [1.165, 1.54) is 63.7 Å². The highest BCUT2D eigenvalue weighted by molar-refractivity contribution is 5.82. The molecule has 3 unspecified atom stereocenters. The predicted octanol–water partition coefficient (Wildman–Crippen LogP) is 9.70. The maximum atomic E-state index is 6.60. The number of pyridine rings is 1. The van der Waals surface area contributed by atoms with Crippen LogP contribution in [-0.4, -0.2) is 12.4 Å². The molecule has 1 aromatic heterocycles. The third kappa shape index (κ3) is 5.72. The number of aromatic nitrogens is 1. The van der Waals surface area contributed by atoms with Crippen LogP contribution in [0.3, 0.4) is 0 Å². The standard InChI is InChI=1S/C38H52NO2/c1-9-12-13-15-29-21-26(6)36-32(23-29)35-19-18-31-30(20-25(4)5)16-14-17-34(31)39(35)38(10-2,11-3)24-33(36)37-40-27(7)22-28(8)41-37/h14,16-19,21-23,25,27,33,37H,9-13,15,20,24H2,1-8H3/q+1. The summed E-state index contributed by atoms with van der Waals surface area (Å²) in [7, 11) is 0. The molecule has 0 N–H and O–H groups in total. The van der Waals surface area contributed by atoms with E-state index in [0.717, 1.165) is 37.9 Å². The molecule has 0 saturated heterocycles. The fourth-order valence-corrected chi connectivity index (χ4v) is 7.69. The molecule has 5 rings (SSSR count). The van der Waals surface area contributed by atoms with Crippen molar-refractivity contribution in [2.24, 2.45) is 5.92 Å². The van der Waals surface area contributed by atoms with E-state index in [1.807, 2.05) is 0 Å². The molecule has 3 aromatic rings. The van der Waals surface area contributed by atoms with E-state index in [9.17, 15) is 0 Å². The van der Waals surface area contributed by atoms with Crippen LogP contribution in [0, 0.1) is 12.8 Å². The highest BCUT2D eigenvalue weighted by atomic mass is 16.7. The number of rotatable bonds is 9. The molecule has 0 spiro atoms. The summed E-state index contributed by atoms with van der Waals surface area (Å²) in [5.74, 6) is 1.72. The molecular weight excluding hydrogens is 502 g/mol. The molecule has 0 bridgehead atoms. The van der Waals surface area contributed by atoms with Crippen molar-refractivity contribution in [1.29, 1.82) is 0 Å². The number of fused-ring (bicyclic) bond motifs is 5. The van der Waals surface area contributed by atoms with Crippen molar-refractivity contribution in [3.8, 4) is 11.3 Å². The molecule has 0 radical (unpaired) electrons. The summed E-state index contributed by atoms with van der Waals surface area (Å²) in [6.45, 7) is 18.2. The van der Waals surface area contributed by atoms with Gasteiger partial charge in [-0.25, -0.2) is 0 Å². The molecule has 3 nitrogen and oxygen atoms in total. The van der Waals surface area contributed by atoms with E-state index >= 15 is 0 Å². The Labute approximate surface area is 249 Å². The average Bonchev–Trinajstić information content (AvgIpc) is 3.06. The van der Waals surface area contributed by atoms with Crippen LogP contribution in [0.4, 0.5) is 0 Å². The molecule has 2 aliphatic rings. The highest BCUT2D eigenvalue weighted by Crippen LogP contribution is 2.47. The van der Waals surface area contributed by atoms with Gasteiger partial charge in [-0.05, 0) is 86.4 Å². The third-order valence-electron chi connectivity index (χ3n) is 9.69. The van der Waals surface area contributed by atoms with Crippen LogP contribution < -0.4 is 4.57 Å². The van der Waals surface area contributed by atoms with Crippen molar-refractivity contribution >= 4 is 10.9 Å². The Morgan fingerprint density at radius 1 is 1.00 bits per heavy atom. The number of ether oxygens (including phenoxy) is 2. The van der Waals surface area contributed by atoms with Gasteiger partial charge >= 0.3 is 0 Å². The van der Waals surface area contributed by atoms with E-state index in [1.54, 1.807) is 0 Å². The van der Waals surface area contributed by atoms with Crippen LogP contribution in [0.5, 0.6) is 0 Å². The maximum absolute atomic E-state index is 6.60. The molecule has 2 aromatic carbocycles. The van der Waals surface area contributed by atoms with Gasteiger partial charge in [-0.15, -0.1) is 0 Å². The molecule has 220 valence electrons. The monoisotopic (exact) mass is 554 g/mol. The van der Waals surface area contributed by atoms with Gasteiger partial charge in [-0.3, -0.25) is 0 Å².